The Labute approximate surface area is 169 Å². The number of aliphatic imine (C=N–C) groups is 1. The van der Waals surface area contributed by atoms with Crippen LogP contribution in [0.5, 0.6) is 11.5 Å². The maximum Gasteiger partial charge on any atom is 0.296 e. The molecule has 1 aliphatic heterocycles. The van der Waals surface area contributed by atoms with Gasteiger partial charge in [-0.1, -0.05) is 11.6 Å². The van der Waals surface area contributed by atoms with Crippen molar-refractivity contribution < 1.29 is 19.2 Å². The van der Waals surface area contributed by atoms with Gasteiger partial charge in [-0.15, -0.1) is 0 Å². The van der Waals surface area contributed by atoms with Gasteiger partial charge in [-0.2, -0.15) is 0 Å². The highest BCUT2D eigenvalue weighted by atomic mass is 35.5. The summed E-state index contributed by atoms with van der Waals surface area (Å²) < 4.78 is 10.5. The molecule has 10 heteroatoms. The highest BCUT2D eigenvalue weighted by molar-refractivity contribution is 8.18. The first kappa shape index (κ1) is 19.7. The summed E-state index contributed by atoms with van der Waals surface area (Å²) in [5.41, 5.74) is 0.532. The van der Waals surface area contributed by atoms with Crippen LogP contribution in [0.1, 0.15) is 5.56 Å². The van der Waals surface area contributed by atoms with Gasteiger partial charge in [0.1, 0.15) is 17.2 Å². The number of nitro benzene ring substituents is 1. The molecule has 0 atom stereocenters. The Bertz CT molecular complexity index is 1020. The Kier molecular flexibility index (Phi) is 5.86. The van der Waals surface area contributed by atoms with Gasteiger partial charge in [0.2, 0.25) is 0 Å². The molecule has 28 heavy (non-hydrogen) atoms. The lowest BCUT2D eigenvalue weighted by Crippen LogP contribution is -2.19. The minimum absolute atomic E-state index is 0.0977. The van der Waals surface area contributed by atoms with Crippen LogP contribution in [0.3, 0.4) is 0 Å². The molecule has 0 bridgehead atoms. The van der Waals surface area contributed by atoms with Crippen LogP contribution in [0.25, 0.3) is 6.08 Å². The summed E-state index contributed by atoms with van der Waals surface area (Å²) in [5, 5.41) is 14.2. The molecular formula is C18H14ClN3O5S. The molecule has 144 valence electrons. The number of benzene rings is 2. The highest BCUT2D eigenvalue weighted by Gasteiger charge is 2.25. The molecule has 2 aromatic carbocycles. The summed E-state index contributed by atoms with van der Waals surface area (Å²) in [4.78, 5) is 27.4. The number of methoxy groups -OCH3 is 2. The quantitative estimate of drug-likeness (QED) is 0.443. The molecule has 0 saturated carbocycles. The maximum atomic E-state index is 12.3. The van der Waals surface area contributed by atoms with E-state index in [1.54, 1.807) is 31.4 Å². The molecule has 1 amide bonds. The van der Waals surface area contributed by atoms with Gasteiger partial charge in [0.15, 0.2) is 5.17 Å². The van der Waals surface area contributed by atoms with E-state index in [1.165, 1.54) is 25.3 Å². The third-order valence-corrected chi connectivity index (χ3v) is 4.88. The number of rotatable bonds is 5. The van der Waals surface area contributed by atoms with Gasteiger partial charge in [0.25, 0.3) is 11.6 Å². The van der Waals surface area contributed by atoms with Crippen molar-refractivity contribution >= 4 is 51.9 Å². The molecule has 0 aliphatic carbocycles. The number of hydrogen-bond acceptors (Lipinski definition) is 7. The molecule has 3 rings (SSSR count). The zero-order chi connectivity index (χ0) is 20.3. The largest absolute Gasteiger partial charge is 0.497 e. The number of amidine groups is 1. The normalized spacial score (nSPS) is 16.3. The van der Waals surface area contributed by atoms with Crippen LogP contribution in [0, 0.1) is 10.1 Å². The summed E-state index contributed by atoms with van der Waals surface area (Å²) in [5.74, 6) is 0.803. The maximum absolute atomic E-state index is 12.3. The standard InChI is InChI=1S/C18H14ClN3O5S/c1-26-12-5-3-10(15(9-12)27-2)7-16-17(23)21-18(28-16)20-13-6-4-11(19)8-14(13)22(24)25/h3-9H,1-2H3,(H,20,21,23)/b16-7+. The summed E-state index contributed by atoms with van der Waals surface area (Å²) >= 11 is 6.88. The molecular weight excluding hydrogens is 406 g/mol. The molecule has 8 nitrogen and oxygen atoms in total. The molecule has 1 heterocycles. The Morgan fingerprint density at radius 3 is 2.68 bits per heavy atom. The van der Waals surface area contributed by atoms with Crippen LogP contribution in [-0.4, -0.2) is 30.2 Å². The molecule has 0 spiro atoms. The number of nitro groups is 1. The predicted octanol–water partition coefficient (Wildman–Crippen LogP) is 4.16. The zero-order valence-electron chi connectivity index (χ0n) is 14.8. The van der Waals surface area contributed by atoms with Crippen molar-refractivity contribution in [3.63, 3.8) is 0 Å². The average Bonchev–Trinajstić information content (AvgIpc) is 3.02. The van der Waals surface area contributed by atoms with E-state index in [1.807, 2.05) is 0 Å². The van der Waals surface area contributed by atoms with E-state index in [9.17, 15) is 14.9 Å². The molecule has 0 unspecified atom stereocenters. The van der Waals surface area contributed by atoms with Crippen molar-refractivity contribution in [1.29, 1.82) is 0 Å². The summed E-state index contributed by atoms with van der Waals surface area (Å²) in [6.07, 6.45) is 1.65. The lowest BCUT2D eigenvalue weighted by Gasteiger charge is -2.07. The second-order valence-corrected chi connectivity index (χ2v) is 6.95. The van der Waals surface area contributed by atoms with Gasteiger partial charge < -0.3 is 14.8 Å². The number of nitrogens with one attached hydrogen (secondary N) is 1. The Morgan fingerprint density at radius 1 is 1.21 bits per heavy atom. The van der Waals surface area contributed by atoms with Gasteiger partial charge in [-0.3, -0.25) is 14.9 Å². The van der Waals surface area contributed by atoms with E-state index in [2.05, 4.69) is 10.3 Å². The molecule has 1 saturated heterocycles. The number of hydrogen-bond donors (Lipinski definition) is 1. The zero-order valence-corrected chi connectivity index (χ0v) is 16.3. The molecule has 1 aliphatic rings. The van der Waals surface area contributed by atoms with Gasteiger partial charge in [0, 0.05) is 22.7 Å². The van der Waals surface area contributed by atoms with Crippen molar-refractivity contribution in [3.05, 3.63) is 62.0 Å². The average molecular weight is 420 g/mol. The molecule has 2 aromatic rings. The van der Waals surface area contributed by atoms with E-state index < -0.39 is 4.92 Å². The number of halogens is 1. The van der Waals surface area contributed by atoms with Crippen LogP contribution >= 0.6 is 23.4 Å². The van der Waals surface area contributed by atoms with Crippen LogP contribution in [0.4, 0.5) is 11.4 Å². The summed E-state index contributed by atoms with van der Waals surface area (Å²) in [6, 6.07) is 9.34. The fourth-order valence-corrected chi connectivity index (χ4v) is 3.40. The Hall–Kier alpha value is -3.04. The monoisotopic (exact) mass is 419 g/mol. The molecule has 1 N–H and O–H groups in total. The number of ether oxygens (including phenoxy) is 2. The SMILES string of the molecule is COc1ccc(/C=C2/SC(=Nc3ccc(Cl)cc3[N+](=O)[O-])NC2=O)c(OC)c1. The second kappa shape index (κ2) is 8.32. The fraction of sp³-hybridized carbons (Fsp3) is 0.111. The second-order valence-electron chi connectivity index (χ2n) is 5.48. The van der Waals surface area contributed by atoms with Gasteiger partial charge in [-0.25, -0.2) is 4.99 Å². The van der Waals surface area contributed by atoms with Gasteiger partial charge in [-0.05, 0) is 42.1 Å². The predicted molar refractivity (Wildman–Crippen MR) is 108 cm³/mol. The molecule has 1 fully saturated rings. The van der Waals surface area contributed by atoms with Crippen molar-refractivity contribution in [2.24, 2.45) is 4.99 Å². The van der Waals surface area contributed by atoms with Crippen LogP contribution in [0.2, 0.25) is 5.02 Å². The minimum Gasteiger partial charge on any atom is -0.497 e. The smallest absolute Gasteiger partial charge is 0.296 e. The van der Waals surface area contributed by atoms with Crippen molar-refractivity contribution in [2.75, 3.05) is 14.2 Å². The van der Waals surface area contributed by atoms with Gasteiger partial charge in [0.05, 0.1) is 24.0 Å². The third kappa shape index (κ3) is 4.26. The van der Waals surface area contributed by atoms with Crippen molar-refractivity contribution in [1.82, 2.24) is 5.32 Å². The third-order valence-electron chi connectivity index (χ3n) is 3.73. The number of amides is 1. The number of carbonyl (C=O) groups excluding carboxylic acids is 1. The first-order chi connectivity index (χ1) is 13.4. The van der Waals surface area contributed by atoms with Crippen LogP contribution in [0.15, 0.2) is 46.3 Å². The number of carbonyl (C=O) groups is 1. The molecule has 0 aromatic heterocycles. The minimum atomic E-state index is -0.578. The van der Waals surface area contributed by atoms with Crippen molar-refractivity contribution in [2.45, 2.75) is 0 Å². The van der Waals surface area contributed by atoms with E-state index >= 15 is 0 Å². The lowest BCUT2D eigenvalue weighted by atomic mass is 10.1. The van der Waals surface area contributed by atoms with Crippen molar-refractivity contribution in [3.8, 4) is 11.5 Å². The van der Waals surface area contributed by atoms with E-state index in [4.69, 9.17) is 21.1 Å². The Balaban J connectivity index is 1.92. The first-order valence-corrected chi connectivity index (χ1v) is 9.06. The number of nitrogens with zero attached hydrogens (tertiary/aromatic N) is 2. The van der Waals surface area contributed by atoms with E-state index in [0.717, 1.165) is 11.8 Å². The first-order valence-electron chi connectivity index (χ1n) is 7.87. The van der Waals surface area contributed by atoms with Crippen LogP contribution < -0.4 is 14.8 Å². The summed E-state index contributed by atoms with van der Waals surface area (Å²) in [7, 11) is 3.07. The Morgan fingerprint density at radius 2 is 2.00 bits per heavy atom. The summed E-state index contributed by atoms with van der Waals surface area (Å²) in [6.45, 7) is 0. The number of thioether (sulfide) groups is 1. The highest BCUT2D eigenvalue weighted by Crippen LogP contribution is 2.35. The topological polar surface area (TPSA) is 103 Å². The van der Waals surface area contributed by atoms with E-state index in [-0.39, 0.29) is 27.5 Å². The van der Waals surface area contributed by atoms with E-state index in [0.29, 0.717) is 22.0 Å². The van der Waals surface area contributed by atoms with Crippen LogP contribution in [-0.2, 0) is 4.79 Å². The van der Waals surface area contributed by atoms with Gasteiger partial charge >= 0.3 is 0 Å². The fourth-order valence-electron chi connectivity index (χ4n) is 2.41. The lowest BCUT2D eigenvalue weighted by molar-refractivity contribution is -0.384. The molecule has 0 radical (unpaired) electrons.